The molecule has 0 bridgehead atoms. The van der Waals surface area contributed by atoms with Crippen molar-refractivity contribution >= 4 is 0 Å². The molecule has 0 aromatic heterocycles. The largest absolute Gasteiger partial charge is 0.392 e. The molecule has 17 heavy (non-hydrogen) atoms. The van der Waals surface area contributed by atoms with Crippen molar-refractivity contribution in [2.45, 2.75) is 45.1 Å². The molecule has 0 saturated carbocycles. The summed E-state index contributed by atoms with van der Waals surface area (Å²) in [5.41, 5.74) is 6.83. The van der Waals surface area contributed by atoms with E-state index in [4.69, 9.17) is 5.73 Å². The summed E-state index contributed by atoms with van der Waals surface area (Å²) >= 11 is 0. The highest BCUT2D eigenvalue weighted by molar-refractivity contribution is 5.27. The second kappa shape index (κ2) is 6.18. The van der Waals surface area contributed by atoms with Crippen molar-refractivity contribution < 1.29 is 5.11 Å². The monoisotopic (exact) mass is 235 g/mol. The Kier molecular flexibility index (Phi) is 5.16. The molecule has 1 aromatic rings. The van der Waals surface area contributed by atoms with E-state index in [2.05, 4.69) is 26.0 Å². The van der Waals surface area contributed by atoms with Crippen molar-refractivity contribution in [2.24, 2.45) is 11.7 Å². The number of benzene rings is 1. The van der Waals surface area contributed by atoms with E-state index in [1.807, 2.05) is 25.1 Å². The van der Waals surface area contributed by atoms with Gasteiger partial charge in [0.1, 0.15) is 0 Å². The molecule has 0 amide bonds. The molecule has 3 unspecified atom stereocenters. The van der Waals surface area contributed by atoms with Gasteiger partial charge in [-0.05, 0) is 24.8 Å². The zero-order chi connectivity index (χ0) is 12.9. The summed E-state index contributed by atoms with van der Waals surface area (Å²) in [6, 6.07) is 10.2. The first-order chi connectivity index (χ1) is 8.06. The molecule has 0 fully saturated rings. The van der Waals surface area contributed by atoms with E-state index in [1.165, 1.54) is 0 Å². The van der Waals surface area contributed by atoms with E-state index in [9.17, 15) is 5.11 Å². The van der Waals surface area contributed by atoms with Gasteiger partial charge in [0.15, 0.2) is 0 Å². The molecule has 2 nitrogen and oxygen atoms in total. The molecule has 0 aliphatic rings. The third kappa shape index (κ3) is 3.08. The van der Waals surface area contributed by atoms with Crippen molar-refractivity contribution in [1.29, 1.82) is 0 Å². The lowest BCUT2D eigenvalue weighted by Crippen LogP contribution is -2.45. The van der Waals surface area contributed by atoms with Gasteiger partial charge in [-0.25, -0.2) is 0 Å². The van der Waals surface area contributed by atoms with E-state index in [0.717, 1.165) is 18.4 Å². The highest BCUT2D eigenvalue weighted by Gasteiger charge is 2.36. The fourth-order valence-corrected chi connectivity index (χ4v) is 2.44. The minimum absolute atomic E-state index is 0.309. The predicted molar refractivity (Wildman–Crippen MR) is 72.9 cm³/mol. The summed E-state index contributed by atoms with van der Waals surface area (Å²) < 4.78 is 0. The van der Waals surface area contributed by atoms with Gasteiger partial charge in [-0.15, -0.1) is 0 Å². The van der Waals surface area contributed by atoms with Crippen LogP contribution >= 0.6 is 0 Å². The predicted octanol–water partition coefficient (Wildman–Crippen LogP) is 2.70. The third-order valence-corrected chi connectivity index (χ3v) is 3.92. The topological polar surface area (TPSA) is 46.2 Å². The van der Waals surface area contributed by atoms with Crippen LogP contribution < -0.4 is 5.73 Å². The number of rotatable bonds is 6. The first-order valence-electron chi connectivity index (χ1n) is 6.50. The first-order valence-corrected chi connectivity index (χ1v) is 6.50. The molecule has 0 spiro atoms. The lowest BCUT2D eigenvalue weighted by molar-refractivity contribution is 0.0833. The first kappa shape index (κ1) is 14.2. The molecule has 96 valence electrons. The Bertz CT molecular complexity index is 323. The average molecular weight is 235 g/mol. The molecule has 0 saturated heterocycles. The van der Waals surface area contributed by atoms with Gasteiger partial charge in [-0.1, -0.05) is 50.6 Å². The lowest BCUT2D eigenvalue weighted by Gasteiger charge is -2.38. The summed E-state index contributed by atoms with van der Waals surface area (Å²) in [5, 5.41) is 10.2. The van der Waals surface area contributed by atoms with Crippen LogP contribution in [0.5, 0.6) is 0 Å². The lowest BCUT2D eigenvalue weighted by atomic mass is 9.70. The summed E-state index contributed by atoms with van der Waals surface area (Å²) in [4.78, 5) is 0. The van der Waals surface area contributed by atoms with Crippen LogP contribution in [0.3, 0.4) is 0 Å². The van der Waals surface area contributed by atoms with Gasteiger partial charge in [0, 0.05) is 12.0 Å². The van der Waals surface area contributed by atoms with Crippen molar-refractivity contribution in [1.82, 2.24) is 0 Å². The van der Waals surface area contributed by atoms with Crippen LogP contribution in [0.15, 0.2) is 30.3 Å². The van der Waals surface area contributed by atoms with Crippen LogP contribution in [-0.4, -0.2) is 17.8 Å². The van der Waals surface area contributed by atoms with Gasteiger partial charge in [0.05, 0.1) is 6.10 Å². The fraction of sp³-hybridized carbons (Fsp3) is 0.600. The van der Waals surface area contributed by atoms with Crippen LogP contribution in [-0.2, 0) is 5.41 Å². The zero-order valence-electron chi connectivity index (χ0n) is 11.2. The average Bonchev–Trinajstić information content (AvgIpc) is 2.36. The van der Waals surface area contributed by atoms with Crippen LogP contribution in [0.1, 0.15) is 39.2 Å². The van der Waals surface area contributed by atoms with Gasteiger partial charge in [-0.2, -0.15) is 0 Å². The molecule has 1 aromatic carbocycles. The van der Waals surface area contributed by atoms with Crippen LogP contribution in [0.4, 0.5) is 0 Å². The van der Waals surface area contributed by atoms with Gasteiger partial charge in [0.2, 0.25) is 0 Å². The Labute approximate surface area is 105 Å². The van der Waals surface area contributed by atoms with E-state index in [1.54, 1.807) is 0 Å². The van der Waals surface area contributed by atoms with Crippen molar-refractivity contribution in [3.63, 3.8) is 0 Å². The minimum atomic E-state index is -0.427. The van der Waals surface area contributed by atoms with E-state index in [0.29, 0.717) is 12.5 Å². The molecule has 0 aliphatic heterocycles. The molecule has 0 heterocycles. The van der Waals surface area contributed by atoms with Crippen LogP contribution in [0.25, 0.3) is 0 Å². The Balaban J connectivity index is 3.09. The third-order valence-electron chi connectivity index (χ3n) is 3.92. The molecule has 0 radical (unpaired) electrons. The number of hydrogen-bond donors (Lipinski definition) is 2. The van der Waals surface area contributed by atoms with Gasteiger partial charge in [0.25, 0.3) is 0 Å². The minimum Gasteiger partial charge on any atom is -0.392 e. The second-order valence-corrected chi connectivity index (χ2v) is 5.12. The van der Waals surface area contributed by atoms with E-state index >= 15 is 0 Å². The molecule has 3 atom stereocenters. The Morgan fingerprint density at radius 1 is 1.24 bits per heavy atom. The number of hydrogen-bond acceptors (Lipinski definition) is 2. The molecular weight excluding hydrogens is 210 g/mol. The van der Waals surface area contributed by atoms with Gasteiger partial charge < -0.3 is 10.8 Å². The Morgan fingerprint density at radius 3 is 2.24 bits per heavy atom. The zero-order valence-corrected chi connectivity index (χ0v) is 11.2. The van der Waals surface area contributed by atoms with E-state index < -0.39 is 6.10 Å². The highest BCUT2D eigenvalue weighted by Crippen LogP contribution is 2.34. The summed E-state index contributed by atoms with van der Waals surface area (Å²) in [5.74, 6) is 0.563. The number of aliphatic hydroxyl groups excluding tert-OH is 1. The molecule has 3 N–H and O–H groups in total. The van der Waals surface area contributed by atoms with Crippen molar-refractivity contribution in [3.05, 3.63) is 35.9 Å². The highest BCUT2D eigenvalue weighted by atomic mass is 16.3. The van der Waals surface area contributed by atoms with E-state index in [-0.39, 0.29) is 5.41 Å². The number of nitrogens with two attached hydrogens (primary N) is 1. The SMILES string of the molecule is CCC(C)CC(CN)(c1ccccc1)C(C)O. The standard InChI is InChI=1S/C15H25NO/c1-4-12(2)10-15(11-16,13(3)17)14-8-6-5-7-9-14/h5-9,12-13,17H,4,10-11,16H2,1-3H3. The van der Waals surface area contributed by atoms with Crippen LogP contribution in [0.2, 0.25) is 0 Å². The fourth-order valence-electron chi connectivity index (χ4n) is 2.44. The maximum absolute atomic E-state index is 10.2. The van der Waals surface area contributed by atoms with Crippen molar-refractivity contribution in [2.75, 3.05) is 6.54 Å². The normalized spacial score (nSPS) is 18.4. The molecule has 0 aliphatic carbocycles. The maximum atomic E-state index is 10.2. The quantitative estimate of drug-likeness (QED) is 0.796. The molecule has 2 heteroatoms. The Hall–Kier alpha value is -0.860. The summed E-state index contributed by atoms with van der Waals surface area (Å²) in [6.07, 6.45) is 1.62. The Morgan fingerprint density at radius 2 is 1.82 bits per heavy atom. The number of aliphatic hydroxyl groups is 1. The second-order valence-electron chi connectivity index (χ2n) is 5.12. The van der Waals surface area contributed by atoms with Gasteiger partial charge >= 0.3 is 0 Å². The van der Waals surface area contributed by atoms with Crippen molar-refractivity contribution in [3.8, 4) is 0 Å². The van der Waals surface area contributed by atoms with Crippen LogP contribution in [0, 0.1) is 5.92 Å². The molecular formula is C15H25NO. The summed E-state index contributed by atoms with van der Waals surface area (Å²) in [6.45, 7) is 6.73. The van der Waals surface area contributed by atoms with Gasteiger partial charge in [-0.3, -0.25) is 0 Å². The maximum Gasteiger partial charge on any atom is 0.0620 e. The smallest absolute Gasteiger partial charge is 0.0620 e. The molecule has 1 rings (SSSR count). The summed E-state index contributed by atoms with van der Waals surface area (Å²) in [7, 11) is 0.